The van der Waals surface area contributed by atoms with Gasteiger partial charge in [0.2, 0.25) is 11.8 Å². The highest BCUT2D eigenvalue weighted by atomic mass is 79.9. The number of aryl methyl sites for hydroxylation is 10. The number of hydrogen-bond donors (Lipinski definition) is 4. The van der Waals surface area contributed by atoms with Gasteiger partial charge in [-0.25, -0.2) is 8.78 Å². The van der Waals surface area contributed by atoms with Gasteiger partial charge in [0.25, 0.3) is 20.2 Å². The average Bonchev–Trinajstić information content (AvgIpc) is 0.839. The van der Waals surface area contributed by atoms with Crippen LogP contribution in [0.3, 0.4) is 0 Å². The maximum atomic E-state index is 13.7. The number of unbranched alkanes of at least 4 members (excludes halogenated alkanes) is 2. The van der Waals surface area contributed by atoms with Gasteiger partial charge >= 0.3 is 0 Å². The highest BCUT2D eigenvalue weighted by molar-refractivity contribution is 7.86. The minimum Gasteiger partial charge on any atom is -1.00 e. The standard InChI is InChI=1S/2C32H48FN3O2.2C7H8O3S.2BrH/c2*1-8-17-36(10-3,23-29(37)21-30-26(6)19-28(33)20-27(30)7)18-12-11-16-35(9-2)22-31(38)34-32-24(4)14-13-15-25(32)5;2*1-6-2-4-7(5-3-6)11(8,9)10;;/h2*13-15,19-20H,8-12,16-18,21-23H2,1-7H3;2*2-5H,1H3,(H,8,9,10);2*1H. The number of ketones is 2. The first-order chi connectivity index (χ1) is 46.1. The normalized spacial score (nSPS) is 12.4. The fraction of sp³-hybridized carbons (Fsp3) is 0.487. The van der Waals surface area contributed by atoms with Crippen LogP contribution in [0.1, 0.15) is 147 Å². The van der Waals surface area contributed by atoms with Gasteiger partial charge in [-0.2, -0.15) is 16.8 Å². The Morgan fingerprint density at radius 3 is 0.970 bits per heavy atom. The molecule has 0 fully saturated rings. The maximum Gasteiger partial charge on any atom is 0.294 e. The number of carbonyl (C=O) groups is 4. The number of hydrogen-bond acceptors (Lipinski definition) is 10. The fourth-order valence-electron chi connectivity index (χ4n) is 12.5. The monoisotopic (exact) mass is 1550 g/mol. The van der Waals surface area contributed by atoms with Gasteiger partial charge in [0, 0.05) is 24.2 Å². The molecule has 16 nitrogen and oxygen atoms in total. The SMILES string of the molecule is CCC[N+](CC)(CCCCN(CC)CC(=O)Nc1c(C)cccc1C)CC(=O)Cc1c(C)cc(F)cc1C.CCC[N+](CC)(CCCCN(CC)CC(=O)Nc1c(C)cccc1C)CC(=O)Cc1c(C)cc(F)cc1C.Cc1ccc(S(=O)(=O)O)cc1.Cc1ccc(S(=O)(=O)O)cc1.[Br-].[Br-]. The largest absolute Gasteiger partial charge is 1.00 e. The summed E-state index contributed by atoms with van der Waals surface area (Å²) in [6.45, 7) is 42.9. The average molecular weight is 1560 g/mol. The third-order valence-electron chi connectivity index (χ3n) is 18.3. The van der Waals surface area contributed by atoms with E-state index in [1.165, 1.54) is 48.5 Å². The molecular weight excluding hydrogens is 1440 g/mol. The van der Waals surface area contributed by atoms with E-state index in [0.29, 0.717) is 39.0 Å². The van der Waals surface area contributed by atoms with Crippen LogP contribution in [0.2, 0.25) is 0 Å². The Morgan fingerprint density at radius 1 is 0.430 bits per heavy atom. The van der Waals surface area contributed by atoms with Crippen molar-refractivity contribution in [3.8, 4) is 0 Å². The molecule has 0 spiro atoms. The molecular formula is C78H114Br2F2N6O10S2. The third-order valence-corrected chi connectivity index (χ3v) is 20.0. The van der Waals surface area contributed by atoms with Crippen LogP contribution in [0.4, 0.5) is 20.2 Å². The number of halogens is 4. The van der Waals surface area contributed by atoms with Crippen LogP contribution < -0.4 is 44.6 Å². The summed E-state index contributed by atoms with van der Waals surface area (Å²) < 4.78 is 88.1. The molecule has 6 aromatic rings. The number of anilines is 2. The van der Waals surface area contributed by atoms with E-state index in [-0.39, 0.29) is 78.8 Å². The molecule has 0 aliphatic heterocycles. The Morgan fingerprint density at radius 2 is 0.720 bits per heavy atom. The third kappa shape index (κ3) is 32.2. The number of Topliss-reactive ketones (excluding diaryl/α,β-unsaturated/α-hetero) is 2. The molecule has 0 saturated heterocycles. The Bertz CT molecular complexity index is 3460. The summed E-state index contributed by atoms with van der Waals surface area (Å²) in [6.07, 6.45) is 6.75. The second kappa shape index (κ2) is 45.2. The number of carbonyl (C=O) groups excluding carboxylic acids is 4. The number of amides is 2. The summed E-state index contributed by atoms with van der Waals surface area (Å²) >= 11 is 0. The molecule has 556 valence electrons. The van der Waals surface area contributed by atoms with E-state index < -0.39 is 20.2 Å². The molecule has 2 amide bonds. The predicted molar refractivity (Wildman–Crippen MR) is 394 cm³/mol. The van der Waals surface area contributed by atoms with Crippen molar-refractivity contribution in [2.75, 3.05) is 102 Å². The zero-order valence-corrected chi connectivity index (χ0v) is 67.0. The predicted octanol–water partition coefficient (Wildman–Crippen LogP) is 8.81. The number of nitrogens with zero attached hydrogens (tertiary/aromatic N) is 4. The maximum absolute atomic E-state index is 13.7. The van der Waals surface area contributed by atoms with Gasteiger partial charge in [0.05, 0.1) is 62.1 Å². The Labute approximate surface area is 619 Å². The van der Waals surface area contributed by atoms with Crippen LogP contribution in [0.15, 0.2) is 119 Å². The molecule has 0 aliphatic carbocycles. The molecule has 2 unspecified atom stereocenters. The van der Waals surface area contributed by atoms with Gasteiger partial charge in [-0.05, 0) is 252 Å². The van der Waals surface area contributed by atoms with E-state index in [2.05, 4.69) is 62.0 Å². The lowest BCUT2D eigenvalue weighted by Gasteiger charge is -2.37. The number of para-hydroxylation sites is 2. The number of rotatable bonds is 34. The number of quaternary nitrogens is 2. The topological polar surface area (TPSA) is 208 Å². The summed E-state index contributed by atoms with van der Waals surface area (Å²) in [5, 5.41) is 6.19. The van der Waals surface area contributed by atoms with Gasteiger partial charge in [-0.1, -0.05) is 99.5 Å². The molecule has 6 aromatic carbocycles. The van der Waals surface area contributed by atoms with Gasteiger partial charge in [0.1, 0.15) is 24.7 Å². The van der Waals surface area contributed by atoms with Gasteiger partial charge in [-0.3, -0.25) is 38.1 Å². The van der Waals surface area contributed by atoms with Crippen molar-refractivity contribution in [2.24, 2.45) is 0 Å². The Hall–Kier alpha value is -5.92. The van der Waals surface area contributed by atoms with Crippen LogP contribution in [-0.4, -0.2) is 160 Å². The molecule has 0 heterocycles. The van der Waals surface area contributed by atoms with Gasteiger partial charge in [0.15, 0.2) is 11.6 Å². The zero-order valence-electron chi connectivity index (χ0n) is 62.2. The number of nitrogens with one attached hydrogen (secondary N) is 2. The van der Waals surface area contributed by atoms with E-state index in [9.17, 15) is 44.8 Å². The zero-order chi connectivity index (χ0) is 73.6. The van der Waals surface area contributed by atoms with Crippen LogP contribution in [-0.2, 0) is 52.3 Å². The van der Waals surface area contributed by atoms with Crippen molar-refractivity contribution >= 4 is 55.0 Å². The first-order valence-electron chi connectivity index (χ1n) is 34.6. The second-order valence-corrected chi connectivity index (χ2v) is 29.2. The van der Waals surface area contributed by atoms with Crippen LogP contribution >= 0.6 is 0 Å². The smallest absolute Gasteiger partial charge is 0.294 e. The first-order valence-corrected chi connectivity index (χ1v) is 37.5. The van der Waals surface area contributed by atoms with Crippen molar-refractivity contribution < 1.29 is 96.8 Å². The molecule has 6 rings (SSSR count). The van der Waals surface area contributed by atoms with Crippen LogP contribution in [0.5, 0.6) is 0 Å². The fourth-order valence-corrected chi connectivity index (χ4v) is 13.5. The van der Waals surface area contributed by atoms with E-state index >= 15 is 0 Å². The molecule has 2 atom stereocenters. The molecule has 4 N–H and O–H groups in total. The summed E-state index contributed by atoms with van der Waals surface area (Å²) in [4.78, 5) is 56.1. The minimum absolute atomic E-state index is 0. The highest BCUT2D eigenvalue weighted by Gasteiger charge is 2.30. The van der Waals surface area contributed by atoms with Crippen molar-refractivity contribution in [1.82, 2.24) is 9.80 Å². The number of likely N-dealkylation sites (N-methyl/N-ethyl adjacent to an activating group) is 4. The van der Waals surface area contributed by atoms with Crippen LogP contribution in [0, 0.1) is 80.9 Å². The summed E-state index contributed by atoms with van der Waals surface area (Å²) in [5.74, 6) is -0.0146. The quantitative estimate of drug-likeness (QED) is 0.0170. The molecule has 0 bridgehead atoms. The lowest BCUT2D eigenvalue weighted by atomic mass is 9.97. The lowest BCUT2D eigenvalue weighted by molar-refractivity contribution is -0.919. The van der Waals surface area contributed by atoms with Gasteiger partial charge in [-0.15, -0.1) is 0 Å². The minimum atomic E-state index is -4.02. The molecule has 0 saturated carbocycles. The molecule has 0 aliphatic rings. The van der Waals surface area contributed by atoms with E-state index in [0.717, 1.165) is 191 Å². The highest BCUT2D eigenvalue weighted by Crippen LogP contribution is 2.24. The van der Waals surface area contributed by atoms with Crippen molar-refractivity contribution in [2.45, 2.75) is 172 Å². The Kier molecular flexibility index (Phi) is 41.7. The van der Waals surface area contributed by atoms with E-state index in [4.69, 9.17) is 9.11 Å². The lowest BCUT2D eigenvalue weighted by Crippen LogP contribution is -3.00. The number of benzene rings is 6. The summed E-state index contributed by atoms with van der Waals surface area (Å²) in [7, 11) is -8.04. The van der Waals surface area contributed by atoms with Crippen molar-refractivity contribution in [1.29, 1.82) is 0 Å². The van der Waals surface area contributed by atoms with Crippen molar-refractivity contribution in [3.05, 3.63) is 188 Å². The molecule has 0 radical (unpaired) electrons. The summed E-state index contributed by atoms with van der Waals surface area (Å²) in [6, 6.07) is 30.1. The first kappa shape index (κ1) is 92.1. The molecule has 0 aromatic heterocycles. The van der Waals surface area contributed by atoms with E-state index in [1.807, 2.05) is 106 Å². The Balaban J connectivity index is 0.000000753. The summed E-state index contributed by atoms with van der Waals surface area (Å²) in [5.41, 5.74) is 13.3. The van der Waals surface area contributed by atoms with E-state index in [1.54, 1.807) is 24.3 Å². The van der Waals surface area contributed by atoms with Crippen LogP contribution in [0.25, 0.3) is 0 Å². The molecule has 100 heavy (non-hydrogen) atoms. The van der Waals surface area contributed by atoms with Gasteiger partial charge < -0.3 is 53.6 Å². The molecule has 22 heteroatoms. The van der Waals surface area contributed by atoms with Crippen molar-refractivity contribution in [3.63, 3.8) is 0 Å². The second-order valence-electron chi connectivity index (χ2n) is 26.4.